The number of benzene rings is 1. The van der Waals surface area contributed by atoms with Gasteiger partial charge in [0.1, 0.15) is 11.5 Å². The van der Waals surface area contributed by atoms with Crippen molar-refractivity contribution in [1.29, 1.82) is 0 Å². The summed E-state index contributed by atoms with van der Waals surface area (Å²) in [5.41, 5.74) is 0.708. The van der Waals surface area contributed by atoms with Crippen LogP contribution in [0.15, 0.2) is 18.2 Å². The molecule has 2 aromatic rings. The van der Waals surface area contributed by atoms with Crippen molar-refractivity contribution in [2.24, 2.45) is 0 Å². The van der Waals surface area contributed by atoms with Crippen molar-refractivity contribution in [3.05, 3.63) is 28.8 Å². The summed E-state index contributed by atoms with van der Waals surface area (Å²) >= 11 is 11.8. The van der Waals surface area contributed by atoms with Crippen LogP contribution in [0.2, 0.25) is 10.6 Å². The third-order valence-electron chi connectivity index (χ3n) is 3.30. The lowest BCUT2D eigenvalue weighted by Gasteiger charge is -2.13. The minimum atomic E-state index is 0.0489. The fourth-order valence-corrected chi connectivity index (χ4v) is 2.37. The highest BCUT2D eigenvalue weighted by atomic mass is 35.5. The van der Waals surface area contributed by atoms with Gasteiger partial charge >= 0.3 is 0 Å². The molecular formula is C17H21Cl2N3O2. The zero-order valence-electron chi connectivity index (χ0n) is 13.9. The van der Waals surface area contributed by atoms with Gasteiger partial charge in [0.15, 0.2) is 5.82 Å². The summed E-state index contributed by atoms with van der Waals surface area (Å²) < 4.78 is 11.6. The Morgan fingerprint density at radius 1 is 0.875 bits per heavy atom. The number of hydrogen-bond donors (Lipinski definition) is 0. The van der Waals surface area contributed by atoms with Crippen molar-refractivity contribution < 1.29 is 9.47 Å². The molecule has 0 amide bonds. The van der Waals surface area contributed by atoms with E-state index in [0.717, 1.165) is 31.4 Å². The molecule has 0 saturated carbocycles. The molecular weight excluding hydrogens is 349 g/mol. The van der Waals surface area contributed by atoms with Crippen molar-refractivity contribution in [3.63, 3.8) is 0 Å². The SMILES string of the molecule is CCCCOc1ccc(-c2nc(Cl)nc(Cl)n2)c(OCCCC)c1. The first-order valence-electron chi connectivity index (χ1n) is 8.11. The zero-order chi connectivity index (χ0) is 17.4. The minimum Gasteiger partial charge on any atom is -0.493 e. The van der Waals surface area contributed by atoms with Crippen LogP contribution in [0.25, 0.3) is 11.4 Å². The first-order valence-corrected chi connectivity index (χ1v) is 8.86. The monoisotopic (exact) mass is 369 g/mol. The van der Waals surface area contributed by atoms with E-state index in [0.29, 0.717) is 30.4 Å². The summed E-state index contributed by atoms with van der Waals surface area (Å²) in [6.45, 7) is 5.52. The zero-order valence-corrected chi connectivity index (χ0v) is 15.4. The van der Waals surface area contributed by atoms with E-state index in [1.165, 1.54) is 0 Å². The molecule has 2 rings (SSSR count). The van der Waals surface area contributed by atoms with Gasteiger partial charge in [-0.2, -0.15) is 15.0 Å². The Morgan fingerprint density at radius 3 is 2.12 bits per heavy atom. The Kier molecular flexibility index (Phi) is 7.53. The second-order valence-corrected chi connectivity index (χ2v) is 5.94. The maximum atomic E-state index is 5.89. The van der Waals surface area contributed by atoms with Gasteiger partial charge in [-0.05, 0) is 48.2 Å². The first kappa shape index (κ1) is 18.7. The molecule has 0 aliphatic rings. The quantitative estimate of drug-likeness (QED) is 0.568. The maximum absolute atomic E-state index is 5.89. The molecule has 0 aliphatic heterocycles. The second-order valence-electron chi connectivity index (χ2n) is 5.26. The van der Waals surface area contributed by atoms with Crippen LogP contribution >= 0.6 is 23.2 Å². The van der Waals surface area contributed by atoms with Crippen molar-refractivity contribution in [3.8, 4) is 22.9 Å². The van der Waals surface area contributed by atoms with E-state index in [9.17, 15) is 0 Å². The first-order chi connectivity index (χ1) is 11.6. The van der Waals surface area contributed by atoms with E-state index in [1.807, 2.05) is 18.2 Å². The Morgan fingerprint density at radius 2 is 1.50 bits per heavy atom. The molecule has 0 radical (unpaired) electrons. The van der Waals surface area contributed by atoms with Crippen LogP contribution in [0, 0.1) is 0 Å². The van der Waals surface area contributed by atoms with E-state index < -0.39 is 0 Å². The van der Waals surface area contributed by atoms with Gasteiger partial charge in [-0.3, -0.25) is 0 Å². The average molecular weight is 370 g/mol. The van der Waals surface area contributed by atoms with E-state index >= 15 is 0 Å². The molecule has 5 nitrogen and oxygen atoms in total. The van der Waals surface area contributed by atoms with Crippen LogP contribution in [0.5, 0.6) is 11.5 Å². The van der Waals surface area contributed by atoms with Gasteiger partial charge in [0.25, 0.3) is 0 Å². The summed E-state index contributed by atoms with van der Waals surface area (Å²) in [7, 11) is 0. The van der Waals surface area contributed by atoms with E-state index in [2.05, 4.69) is 28.8 Å². The van der Waals surface area contributed by atoms with Crippen LogP contribution in [-0.2, 0) is 0 Å². The highest BCUT2D eigenvalue weighted by Gasteiger charge is 2.13. The number of ether oxygens (including phenoxy) is 2. The maximum Gasteiger partial charge on any atom is 0.227 e. The molecule has 0 N–H and O–H groups in total. The van der Waals surface area contributed by atoms with Crippen LogP contribution < -0.4 is 9.47 Å². The van der Waals surface area contributed by atoms with Gasteiger partial charge in [0, 0.05) is 6.07 Å². The van der Waals surface area contributed by atoms with Crippen LogP contribution in [-0.4, -0.2) is 28.2 Å². The molecule has 1 heterocycles. The summed E-state index contributed by atoms with van der Waals surface area (Å²) in [6.07, 6.45) is 4.09. The normalized spacial score (nSPS) is 10.7. The Balaban J connectivity index is 2.30. The number of halogens is 2. The standard InChI is InChI=1S/C17H21Cl2N3O2/c1-3-5-9-23-12-7-8-13(14(11-12)24-10-6-4-2)15-20-16(18)22-17(19)21-15/h7-8,11H,3-6,9-10H2,1-2H3. The summed E-state index contributed by atoms with van der Waals surface area (Å²) in [6, 6.07) is 5.57. The van der Waals surface area contributed by atoms with Gasteiger partial charge < -0.3 is 9.47 Å². The fraction of sp³-hybridized carbons (Fsp3) is 0.471. The third-order valence-corrected chi connectivity index (χ3v) is 3.63. The summed E-state index contributed by atoms with van der Waals surface area (Å²) in [5, 5.41) is 0.0977. The van der Waals surface area contributed by atoms with Crippen LogP contribution in [0.1, 0.15) is 39.5 Å². The highest BCUT2D eigenvalue weighted by Crippen LogP contribution is 2.32. The van der Waals surface area contributed by atoms with E-state index in [1.54, 1.807) is 0 Å². The van der Waals surface area contributed by atoms with Crippen molar-refractivity contribution in [1.82, 2.24) is 15.0 Å². The Bertz CT molecular complexity index is 648. The largest absolute Gasteiger partial charge is 0.493 e. The van der Waals surface area contributed by atoms with Crippen molar-refractivity contribution in [2.75, 3.05) is 13.2 Å². The Hall–Kier alpha value is -1.59. The molecule has 0 saturated heterocycles. The lowest BCUT2D eigenvalue weighted by molar-refractivity contribution is 0.295. The minimum absolute atomic E-state index is 0.0489. The molecule has 0 aliphatic carbocycles. The fourth-order valence-electron chi connectivity index (χ4n) is 2.00. The van der Waals surface area contributed by atoms with Crippen molar-refractivity contribution >= 4 is 23.2 Å². The predicted molar refractivity (Wildman–Crippen MR) is 96.1 cm³/mol. The van der Waals surface area contributed by atoms with Gasteiger partial charge in [-0.25, -0.2) is 0 Å². The average Bonchev–Trinajstić information content (AvgIpc) is 2.55. The van der Waals surface area contributed by atoms with Crippen molar-refractivity contribution in [2.45, 2.75) is 39.5 Å². The molecule has 130 valence electrons. The number of rotatable bonds is 9. The van der Waals surface area contributed by atoms with Gasteiger partial charge in [0.05, 0.1) is 18.8 Å². The molecule has 0 atom stereocenters. The molecule has 1 aromatic carbocycles. The molecule has 0 bridgehead atoms. The lowest BCUT2D eigenvalue weighted by Crippen LogP contribution is -2.02. The molecule has 24 heavy (non-hydrogen) atoms. The van der Waals surface area contributed by atoms with Crippen LogP contribution in [0.3, 0.4) is 0 Å². The topological polar surface area (TPSA) is 57.1 Å². The molecule has 1 aromatic heterocycles. The van der Waals surface area contributed by atoms with Gasteiger partial charge in [-0.15, -0.1) is 0 Å². The number of unbranched alkanes of at least 4 members (excludes halogenated alkanes) is 2. The van der Waals surface area contributed by atoms with Gasteiger partial charge in [0.2, 0.25) is 10.6 Å². The smallest absolute Gasteiger partial charge is 0.227 e. The van der Waals surface area contributed by atoms with E-state index in [4.69, 9.17) is 32.7 Å². The molecule has 0 spiro atoms. The van der Waals surface area contributed by atoms with Gasteiger partial charge in [-0.1, -0.05) is 26.7 Å². The van der Waals surface area contributed by atoms with E-state index in [-0.39, 0.29) is 10.6 Å². The Labute approximate surface area is 152 Å². The molecule has 0 fully saturated rings. The number of hydrogen-bond acceptors (Lipinski definition) is 5. The third kappa shape index (κ3) is 5.49. The molecule has 0 unspecified atom stereocenters. The lowest BCUT2D eigenvalue weighted by atomic mass is 10.1. The highest BCUT2D eigenvalue weighted by molar-refractivity contribution is 6.31. The second kappa shape index (κ2) is 9.64. The molecule has 7 heteroatoms. The number of aromatic nitrogens is 3. The predicted octanol–water partition coefficient (Wildman–Crippen LogP) is 5.20. The number of nitrogens with zero attached hydrogens (tertiary/aromatic N) is 3. The summed E-state index contributed by atoms with van der Waals surface area (Å²) in [4.78, 5) is 12.0. The summed E-state index contributed by atoms with van der Waals surface area (Å²) in [5.74, 6) is 1.78. The van der Waals surface area contributed by atoms with Crippen LogP contribution in [0.4, 0.5) is 0 Å².